The summed E-state index contributed by atoms with van der Waals surface area (Å²) in [6, 6.07) is 9.89. The SMILES string of the molecule is Cc1nc(SCC(=O)Nc2c(C)n(C)n(-c3ccccc3)c2=O)n(C2CCCC2)c1C. The van der Waals surface area contributed by atoms with E-state index in [1.165, 1.54) is 43.1 Å². The van der Waals surface area contributed by atoms with E-state index >= 15 is 0 Å². The normalized spacial score (nSPS) is 14.3. The van der Waals surface area contributed by atoms with Crippen molar-refractivity contribution in [2.24, 2.45) is 7.05 Å². The number of nitrogens with one attached hydrogen (secondary N) is 1. The maximum absolute atomic E-state index is 13.0. The number of hydrogen-bond acceptors (Lipinski definition) is 4. The highest BCUT2D eigenvalue weighted by molar-refractivity contribution is 7.99. The highest BCUT2D eigenvalue weighted by Gasteiger charge is 2.24. The van der Waals surface area contributed by atoms with Gasteiger partial charge in [-0.3, -0.25) is 14.3 Å². The standard InChI is InChI=1S/C23H29N5O2S/c1-15-16(2)27(18-10-8-9-11-18)23(24-15)31-14-20(29)25-21-17(3)26(4)28(22(21)30)19-12-6-5-7-13-19/h5-7,12-13,18H,8-11,14H2,1-4H3,(H,25,29). The summed E-state index contributed by atoms with van der Waals surface area (Å²) in [5.74, 6) is 0.00846. The Hall–Kier alpha value is -2.74. The summed E-state index contributed by atoms with van der Waals surface area (Å²) in [7, 11) is 1.82. The summed E-state index contributed by atoms with van der Waals surface area (Å²) in [5, 5.41) is 3.73. The van der Waals surface area contributed by atoms with Gasteiger partial charge in [0.2, 0.25) is 5.91 Å². The molecule has 2 heterocycles. The fraction of sp³-hybridized carbons (Fsp3) is 0.435. The molecular formula is C23H29N5O2S. The van der Waals surface area contributed by atoms with Crippen molar-refractivity contribution in [2.45, 2.75) is 57.7 Å². The van der Waals surface area contributed by atoms with Crippen LogP contribution in [0.5, 0.6) is 0 Å². The van der Waals surface area contributed by atoms with E-state index in [1.807, 2.05) is 51.2 Å². The Kier molecular flexibility index (Phi) is 6.09. The van der Waals surface area contributed by atoms with E-state index in [9.17, 15) is 9.59 Å². The molecule has 4 rings (SSSR count). The smallest absolute Gasteiger partial charge is 0.295 e. The first-order valence-corrected chi connectivity index (χ1v) is 11.7. The summed E-state index contributed by atoms with van der Waals surface area (Å²) in [5.41, 5.74) is 3.76. The largest absolute Gasteiger partial charge is 0.320 e. The van der Waals surface area contributed by atoms with Crippen LogP contribution in [0.1, 0.15) is 48.8 Å². The molecule has 164 valence electrons. The second-order valence-electron chi connectivity index (χ2n) is 8.15. The number of carbonyl (C=O) groups is 1. The van der Waals surface area contributed by atoms with Crippen LogP contribution in [0.4, 0.5) is 5.69 Å². The van der Waals surface area contributed by atoms with Crippen molar-refractivity contribution in [3.05, 3.63) is 57.8 Å². The maximum atomic E-state index is 13.0. The molecule has 1 aromatic carbocycles. The zero-order valence-corrected chi connectivity index (χ0v) is 19.3. The molecule has 1 amide bonds. The third-order valence-corrected chi connectivity index (χ3v) is 7.15. The number of para-hydroxylation sites is 1. The fourth-order valence-electron chi connectivity index (χ4n) is 4.31. The molecule has 7 nitrogen and oxygen atoms in total. The summed E-state index contributed by atoms with van der Waals surface area (Å²) >= 11 is 1.44. The number of benzene rings is 1. The second-order valence-corrected chi connectivity index (χ2v) is 9.09. The van der Waals surface area contributed by atoms with Crippen LogP contribution in [0.25, 0.3) is 5.69 Å². The van der Waals surface area contributed by atoms with Gasteiger partial charge in [-0.2, -0.15) is 0 Å². The number of aryl methyl sites for hydroxylation is 1. The lowest BCUT2D eigenvalue weighted by molar-refractivity contribution is -0.113. The summed E-state index contributed by atoms with van der Waals surface area (Å²) in [4.78, 5) is 30.4. The summed E-state index contributed by atoms with van der Waals surface area (Å²) < 4.78 is 5.63. The molecule has 1 fully saturated rings. The molecule has 0 unspecified atom stereocenters. The van der Waals surface area contributed by atoms with Gasteiger partial charge >= 0.3 is 0 Å². The molecule has 31 heavy (non-hydrogen) atoms. The minimum atomic E-state index is -0.233. The fourth-order valence-corrected chi connectivity index (χ4v) is 5.27. The lowest BCUT2D eigenvalue weighted by atomic mass is 10.2. The van der Waals surface area contributed by atoms with E-state index in [2.05, 4.69) is 16.8 Å². The van der Waals surface area contributed by atoms with Gasteiger partial charge in [0.05, 0.1) is 22.8 Å². The van der Waals surface area contributed by atoms with Crippen molar-refractivity contribution in [2.75, 3.05) is 11.1 Å². The molecule has 0 saturated heterocycles. The predicted molar refractivity (Wildman–Crippen MR) is 124 cm³/mol. The summed E-state index contributed by atoms with van der Waals surface area (Å²) in [6.07, 6.45) is 4.82. The Labute approximate surface area is 186 Å². The molecule has 8 heteroatoms. The van der Waals surface area contributed by atoms with Gasteiger partial charge in [-0.1, -0.05) is 42.8 Å². The molecular weight excluding hydrogens is 410 g/mol. The Morgan fingerprint density at radius 2 is 1.81 bits per heavy atom. The molecule has 2 aromatic heterocycles. The van der Waals surface area contributed by atoms with Crippen LogP contribution in [0.2, 0.25) is 0 Å². The van der Waals surface area contributed by atoms with Crippen molar-refractivity contribution in [1.29, 1.82) is 0 Å². The van der Waals surface area contributed by atoms with Crippen molar-refractivity contribution in [3.8, 4) is 5.69 Å². The Morgan fingerprint density at radius 1 is 1.13 bits per heavy atom. The minimum absolute atomic E-state index is 0.202. The molecule has 0 bridgehead atoms. The number of thioether (sulfide) groups is 1. The van der Waals surface area contributed by atoms with Crippen molar-refractivity contribution in [3.63, 3.8) is 0 Å². The Morgan fingerprint density at radius 3 is 2.48 bits per heavy atom. The third-order valence-electron chi connectivity index (χ3n) is 6.20. The van der Waals surface area contributed by atoms with Gasteiger partial charge in [0.15, 0.2) is 5.16 Å². The number of rotatable bonds is 6. The van der Waals surface area contributed by atoms with Crippen molar-refractivity contribution in [1.82, 2.24) is 18.9 Å². The molecule has 0 atom stereocenters. The first-order valence-electron chi connectivity index (χ1n) is 10.7. The lowest BCUT2D eigenvalue weighted by Gasteiger charge is -2.16. The van der Waals surface area contributed by atoms with Crippen LogP contribution in [-0.4, -0.2) is 30.6 Å². The highest BCUT2D eigenvalue weighted by Crippen LogP contribution is 2.35. The average molecular weight is 440 g/mol. The van der Waals surface area contributed by atoms with Crippen LogP contribution in [0.15, 0.2) is 40.3 Å². The van der Waals surface area contributed by atoms with Crippen LogP contribution in [-0.2, 0) is 11.8 Å². The number of hydrogen-bond donors (Lipinski definition) is 1. The van der Waals surface area contributed by atoms with Crippen LogP contribution < -0.4 is 10.9 Å². The molecule has 1 aliphatic rings. The number of aromatic nitrogens is 4. The molecule has 1 saturated carbocycles. The van der Waals surface area contributed by atoms with E-state index in [1.54, 1.807) is 9.36 Å². The van der Waals surface area contributed by atoms with E-state index in [4.69, 9.17) is 4.98 Å². The number of imidazole rings is 1. The first-order chi connectivity index (χ1) is 14.9. The number of carbonyl (C=O) groups excluding carboxylic acids is 1. The molecule has 0 spiro atoms. The molecule has 0 aliphatic heterocycles. The number of amides is 1. The van der Waals surface area contributed by atoms with E-state index in [-0.39, 0.29) is 17.2 Å². The van der Waals surface area contributed by atoms with Crippen LogP contribution in [0, 0.1) is 20.8 Å². The molecule has 1 aliphatic carbocycles. The van der Waals surface area contributed by atoms with Crippen LogP contribution in [0.3, 0.4) is 0 Å². The molecule has 0 radical (unpaired) electrons. The highest BCUT2D eigenvalue weighted by atomic mass is 32.2. The van der Waals surface area contributed by atoms with Gasteiger partial charge in [-0.05, 0) is 45.7 Å². The van der Waals surface area contributed by atoms with Gasteiger partial charge in [0.25, 0.3) is 5.56 Å². The zero-order valence-electron chi connectivity index (χ0n) is 18.5. The molecule has 3 aromatic rings. The number of nitrogens with zero attached hydrogens (tertiary/aromatic N) is 4. The third kappa shape index (κ3) is 4.08. The number of anilines is 1. The van der Waals surface area contributed by atoms with Gasteiger partial charge in [-0.15, -0.1) is 0 Å². The predicted octanol–water partition coefficient (Wildman–Crippen LogP) is 4.14. The lowest BCUT2D eigenvalue weighted by Crippen LogP contribution is -2.23. The van der Waals surface area contributed by atoms with E-state index < -0.39 is 0 Å². The quantitative estimate of drug-likeness (QED) is 0.586. The van der Waals surface area contributed by atoms with Gasteiger partial charge in [0, 0.05) is 18.8 Å². The Bertz CT molecular complexity index is 1150. The zero-order chi connectivity index (χ0) is 22.1. The van der Waals surface area contributed by atoms with Crippen molar-refractivity contribution < 1.29 is 4.79 Å². The van der Waals surface area contributed by atoms with E-state index in [0.717, 1.165) is 16.5 Å². The Balaban J connectivity index is 1.51. The first kappa shape index (κ1) is 21.5. The van der Waals surface area contributed by atoms with Gasteiger partial charge < -0.3 is 9.88 Å². The van der Waals surface area contributed by atoms with Gasteiger partial charge in [0.1, 0.15) is 5.69 Å². The summed E-state index contributed by atoms with van der Waals surface area (Å²) in [6.45, 7) is 5.96. The van der Waals surface area contributed by atoms with Gasteiger partial charge in [-0.25, -0.2) is 9.67 Å². The second kappa shape index (κ2) is 8.78. The minimum Gasteiger partial charge on any atom is -0.320 e. The molecule has 1 N–H and O–H groups in total. The maximum Gasteiger partial charge on any atom is 0.295 e. The van der Waals surface area contributed by atoms with Crippen LogP contribution >= 0.6 is 11.8 Å². The van der Waals surface area contributed by atoms with E-state index in [0.29, 0.717) is 17.4 Å². The topological polar surface area (TPSA) is 73.8 Å². The monoisotopic (exact) mass is 439 g/mol. The average Bonchev–Trinajstić information content (AvgIpc) is 3.43. The van der Waals surface area contributed by atoms with Crippen molar-refractivity contribution >= 4 is 23.4 Å².